The van der Waals surface area contributed by atoms with E-state index in [1.165, 1.54) is 12.1 Å². The van der Waals surface area contributed by atoms with Gasteiger partial charge in [0.2, 0.25) is 11.8 Å². The molecule has 0 saturated heterocycles. The number of nitrogens with one attached hydrogen (secondary N) is 2. The second-order valence-corrected chi connectivity index (χ2v) is 9.88. The molecule has 0 bridgehead atoms. The van der Waals surface area contributed by atoms with Gasteiger partial charge in [-0.05, 0) is 48.7 Å². The zero-order valence-corrected chi connectivity index (χ0v) is 22.5. The Balaban J connectivity index is 1.35. The van der Waals surface area contributed by atoms with E-state index in [9.17, 15) is 14.4 Å². The van der Waals surface area contributed by atoms with Crippen LogP contribution in [-0.2, 0) is 20.8 Å². The van der Waals surface area contributed by atoms with Crippen molar-refractivity contribution in [3.63, 3.8) is 0 Å². The molecule has 0 radical (unpaired) electrons. The molecule has 3 aromatic rings. The summed E-state index contributed by atoms with van der Waals surface area (Å²) < 4.78 is 6.09. The summed E-state index contributed by atoms with van der Waals surface area (Å²) in [6, 6.07) is 21.6. The van der Waals surface area contributed by atoms with Gasteiger partial charge in [0.1, 0.15) is 11.8 Å². The number of nitriles is 1. The molecule has 0 aliphatic carbocycles. The third-order valence-electron chi connectivity index (χ3n) is 6.37. The van der Waals surface area contributed by atoms with E-state index in [1.807, 2.05) is 50.2 Å². The third kappa shape index (κ3) is 6.95. The number of hydrogen-bond acceptors (Lipinski definition) is 5. The average molecular weight is 545 g/mol. The summed E-state index contributed by atoms with van der Waals surface area (Å²) in [6.45, 7) is 4.23. The first-order chi connectivity index (χ1) is 18.8. The molecule has 4 rings (SSSR count). The largest absolute Gasteiger partial charge is 0.478 e. The summed E-state index contributed by atoms with van der Waals surface area (Å²) in [5.74, 6) is -0.287. The maximum atomic E-state index is 13.0. The molecule has 2 atom stereocenters. The monoisotopic (exact) mass is 544 g/mol. The number of anilines is 3. The topological polar surface area (TPSA) is 112 Å². The summed E-state index contributed by atoms with van der Waals surface area (Å²) in [6.07, 6.45) is 0.0544. The highest BCUT2D eigenvalue weighted by Crippen LogP contribution is 2.37. The van der Waals surface area contributed by atoms with Crippen LogP contribution in [0.2, 0.25) is 5.02 Å². The first-order valence-corrected chi connectivity index (χ1v) is 13.1. The summed E-state index contributed by atoms with van der Waals surface area (Å²) in [4.78, 5) is 39.9. The molecule has 0 aromatic heterocycles. The van der Waals surface area contributed by atoms with Crippen molar-refractivity contribution in [2.75, 3.05) is 22.1 Å². The van der Waals surface area contributed by atoms with E-state index in [0.717, 1.165) is 5.56 Å². The normalized spacial score (nSPS) is 15.0. The van der Waals surface area contributed by atoms with E-state index >= 15 is 0 Å². The second-order valence-electron chi connectivity index (χ2n) is 9.48. The standard InChI is InChI=1S/C30H29ClN4O4/c1-3-35-25-12-11-23(17-26(25)39-27(30(35)38)15-20-7-5-4-6-8-20)34-29(37)14-19(2)13-28(36)33-22-10-9-21(18-32)24(31)16-22/h4-12,16-17,19,27H,3,13-15H2,1-2H3,(H,33,36)(H,34,37). The molecule has 1 aliphatic rings. The molecule has 9 heteroatoms. The van der Waals surface area contributed by atoms with E-state index in [1.54, 1.807) is 29.2 Å². The molecule has 1 aliphatic heterocycles. The number of nitrogens with zero attached hydrogens (tertiary/aromatic N) is 2. The zero-order chi connectivity index (χ0) is 27.9. The molecule has 8 nitrogen and oxygen atoms in total. The van der Waals surface area contributed by atoms with Gasteiger partial charge in [-0.1, -0.05) is 48.9 Å². The molecule has 39 heavy (non-hydrogen) atoms. The van der Waals surface area contributed by atoms with Crippen LogP contribution in [0.1, 0.15) is 37.8 Å². The lowest BCUT2D eigenvalue weighted by Crippen LogP contribution is -2.46. The third-order valence-corrected chi connectivity index (χ3v) is 6.68. The number of carbonyl (C=O) groups is 3. The van der Waals surface area contributed by atoms with E-state index < -0.39 is 6.10 Å². The van der Waals surface area contributed by atoms with Gasteiger partial charge in [-0.2, -0.15) is 5.26 Å². The molecule has 3 amide bonds. The van der Waals surface area contributed by atoms with Gasteiger partial charge in [-0.3, -0.25) is 14.4 Å². The molecule has 2 unspecified atom stereocenters. The number of hydrogen-bond donors (Lipinski definition) is 2. The molecular weight excluding hydrogens is 516 g/mol. The maximum absolute atomic E-state index is 13.0. The summed E-state index contributed by atoms with van der Waals surface area (Å²) in [5.41, 5.74) is 3.03. The number of ether oxygens (including phenoxy) is 1. The van der Waals surface area contributed by atoms with Gasteiger partial charge in [0.15, 0.2) is 6.10 Å². The molecule has 200 valence electrons. The maximum Gasteiger partial charge on any atom is 0.268 e. The Kier molecular flexibility index (Phi) is 8.84. The minimum absolute atomic E-state index is 0.0963. The highest BCUT2D eigenvalue weighted by Gasteiger charge is 2.34. The number of likely N-dealkylation sites (N-methyl/N-ethyl adjacent to an activating group) is 1. The first-order valence-electron chi connectivity index (χ1n) is 12.7. The first kappa shape index (κ1) is 27.7. The quantitative estimate of drug-likeness (QED) is 0.366. The Morgan fingerprint density at radius 2 is 1.67 bits per heavy atom. The van der Waals surface area contributed by atoms with Gasteiger partial charge in [-0.15, -0.1) is 0 Å². The summed E-state index contributed by atoms with van der Waals surface area (Å²) >= 11 is 6.02. The van der Waals surface area contributed by atoms with Crippen LogP contribution in [0.3, 0.4) is 0 Å². The van der Waals surface area contributed by atoms with Crippen molar-refractivity contribution in [3.05, 3.63) is 82.9 Å². The van der Waals surface area contributed by atoms with Crippen LogP contribution in [0.25, 0.3) is 0 Å². The minimum Gasteiger partial charge on any atom is -0.478 e. The summed E-state index contributed by atoms with van der Waals surface area (Å²) in [5, 5.41) is 14.9. The van der Waals surface area contributed by atoms with E-state index in [4.69, 9.17) is 21.6 Å². The van der Waals surface area contributed by atoms with Crippen LogP contribution in [0.4, 0.5) is 17.1 Å². The average Bonchev–Trinajstić information content (AvgIpc) is 2.89. The van der Waals surface area contributed by atoms with Crippen LogP contribution in [-0.4, -0.2) is 30.4 Å². The SMILES string of the molecule is CCN1C(=O)C(Cc2ccccc2)Oc2cc(NC(=O)CC(C)CC(=O)Nc3ccc(C#N)c(Cl)c3)ccc21. The molecule has 0 saturated carbocycles. The molecule has 3 aromatic carbocycles. The van der Waals surface area contributed by atoms with E-state index in [2.05, 4.69) is 10.6 Å². The number of amides is 3. The fourth-order valence-corrected chi connectivity index (χ4v) is 4.72. The van der Waals surface area contributed by atoms with Crippen molar-refractivity contribution >= 4 is 46.4 Å². The Hall–Kier alpha value is -4.35. The number of halogens is 1. The highest BCUT2D eigenvalue weighted by molar-refractivity contribution is 6.32. The van der Waals surface area contributed by atoms with Crippen LogP contribution >= 0.6 is 11.6 Å². The molecule has 0 fully saturated rings. The highest BCUT2D eigenvalue weighted by atomic mass is 35.5. The smallest absolute Gasteiger partial charge is 0.268 e. The minimum atomic E-state index is -0.657. The Labute approximate surface area is 232 Å². The van der Waals surface area contributed by atoms with Crippen molar-refractivity contribution in [1.82, 2.24) is 0 Å². The van der Waals surface area contributed by atoms with Crippen molar-refractivity contribution in [2.24, 2.45) is 5.92 Å². The predicted molar refractivity (Wildman–Crippen MR) is 151 cm³/mol. The molecule has 0 spiro atoms. The molecule has 2 N–H and O–H groups in total. The predicted octanol–water partition coefficient (Wildman–Crippen LogP) is 5.56. The molecule has 1 heterocycles. The van der Waals surface area contributed by atoms with Gasteiger partial charge >= 0.3 is 0 Å². The fraction of sp³-hybridized carbons (Fsp3) is 0.267. The van der Waals surface area contributed by atoms with Crippen molar-refractivity contribution < 1.29 is 19.1 Å². The molecular formula is C30H29ClN4O4. The zero-order valence-electron chi connectivity index (χ0n) is 21.7. The Morgan fingerprint density at radius 1 is 1.03 bits per heavy atom. The van der Waals surface area contributed by atoms with Crippen LogP contribution < -0.4 is 20.3 Å². The van der Waals surface area contributed by atoms with Crippen molar-refractivity contribution in [2.45, 2.75) is 39.2 Å². The van der Waals surface area contributed by atoms with Gasteiger partial charge in [0, 0.05) is 43.2 Å². The lowest BCUT2D eigenvalue weighted by Gasteiger charge is -2.34. The van der Waals surface area contributed by atoms with Crippen molar-refractivity contribution in [3.8, 4) is 11.8 Å². The lowest BCUT2D eigenvalue weighted by molar-refractivity contribution is -0.126. The van der Waals surface area contributed by atoms with Gasteiger partial charge in [0.05, 0.1) is 16.3 Å². The number of benzene rings is 3. The fourth-order valence-electron chi connectivity index (χ4n) is 4.50. The van der Waals surface area contributed by atoms with Crippen LogP contribution in [0.5, 0.6) is 5.75 Å². The Morgan fingerprint density at radius 3 is 2.28 bits per heavy atom. The number of rotatable bonds is 9. The van der Waals surface area contributed by atoms with E-state index in [0.29, 0.717) is 41.3 Å². The second kappa shape index (κ2) is 12.5. The van der Waals surface area contributed by atoms with E-state index in [-0.39, 0.29) is 41.5 Å². The van der Waals surface area contributed by atoms with Crippen molar-refractivity contribution in [1.29, 1.82) is 5.26 Å². The number of carbonyl (C=O) groups excluding carboxylic acids is 3. The van der Waals surface area contributed by atoms with Gasteiger partial charge in [0.25, 0.3) is 5.91 Å². The van der Waals surface area contributed by atoms with Crippen LogP contribution in [0, 0.1) is 17.2 Å². The Bertz CT molecular complexity index is 1420. The van der Waals surface area contributed by atoms with Crippen LogP contribution in [0.15, 0.2) is 66.7 Å². The van der Waals surface area contributed by atoms with Gasteiger partial charge < -0.3 is 20.3 Å². The van der Waals surface area contributed by atoms with Gasteiger partial charge in [-0.25, -0.2) is 0 Å². The summed E-state index contributed by atoms with van der Waals surface area (Å²) in [7, 11) is 0. The lowest BCUT2D eigenvalue weighted by atomic mass is 10.0. The number of fused-ring (bicyclic) bond motifs is 1.